The van der Waals surface area contributed by atoms with Crippen LogP contribution in [0.1, 0.15) is 70.6 Å². The van der Waals surface area contributed by atoms with E-state index in [1.54, 1.807) is 7.11 Å². The molecule has 0 unspecified atom stereocenters. The van der Waals surface area contributed by atoms with Gasteiger partial charge in [-0.1, -0.05) is 43.4 Å². The third-order valence-corrected chi connectivity index (χ3v) is 5.77. The van der Waals surface area contributed by atoms with Gasteiger partial charge in [0, 0.05) is 22.4 Å². The van der Waals surface area contributed by atoms with Crippen molar-refractivity contribution in [2.45, 2.75) is 66.0 Å². The minimum atomic E-state index is -0.284. The number of nitrogens with one attached hydrogen (secondary N) is 1. The normalized spacial score (nSPS) is 17.7. The SMILES string of the molecule is C/C=C(\C(=C/CC)OC)c1ccc2c(c1COC(=O)C1=CCCC=C1)C(C)=CC(C)(C)N2. The fourth-order valence-corrected chi connectivity index (χ4v) is 4.51. The molecular weight excluding hydrogens is 398 g/mol. The first-order chi connectivity index (χ1) is 15.3. The molecular formula is C28H35NO3. The second-order valence-corrected chi connectivity index (χ2v) is 8.79. The quantitative estimate of drug-likeness (QED) is 0.287. The van der Waals surface area contributed by atoms with E-state index >= 15 is 0 Å². The van der Waals surface area contributed by atoms with Crippen molar-refractivity contribution in [2.24, 2.45) is 0 Å². The summed E-state index contributed by atoms with van der Waals surface area (Å²) in [5.74, 6) is 0.541. The number of carbonyl (C=O) groups is 1. The fraction of sp³-hybridized carbons (Fsp3) is 0.393. The summed E-state index contributed by atoms with van der Waals surface area (Å²) in [5, 5.41) is 3.61. The van der Waals surface area contributed by atoms with Gasteiger partial charge in [0.2, 0.25) is 0 Å². The number of esters is 1. The van der Waals surface area contributed by atoms with Crippen LogP contribution in [0.5, 0.6) is 0 Å². The van der Waals surface area contributed by atoms with E-state index in [1.807, 2.05) is 25.2 Å². The highest BCUT2D eigenvalue weighted by Crippen LogP contribution is 2.40. The van der Waals surface area contributed by atoms with Crippen LogP contribution in [0.2, 0.25) is 0 Å². The van der Waals surface area contributed by atoms with E-state index in [0.29, 0.717) is 5.57 Å². The van der Waals surface area contributed by atoms with Crippen molar-refractivity contribution in [3.8, 4) is 0 Å². The summed E-state index contributed by atoms with van der Waals surface area (Å²) in [4.78, 5) is 12.7. The maximum Gasteiger partial charge on any atom is 0.338 e. The molecule has 0 bridgehead atoms. The zero-order chi connectivity index (χ0) is 23.3. The van der Waals surface area contributed by atoms with Crippen LogP contribution in [0.3, 0.4) is 0 Å². The van der Waals surface area contributed by atoms with Gasteiger partial charge in [0.1, 0.15) is 12.4 Å². The Labute approximate surface area is 192 Å². The van der Waals surface area contributed by atoms with Crippen molar-refractivity contribution in [3.63, 3.8) is 0 Å². The number of ether oxygens (including phenoxy) is 2. The Morgan fingerprint density at radius 1 is 1.25 bits per heavy atom. The molecule has 0 spiro atoms. The first-order valence-corrected chi connectivity index (χ1v) is 11.4. The molecule has 1 N–H and O–H groups in total. The lowest BCUT2D eigenvalue weighted by molar-refractivity contribution is -0.139. The lowest BCUT2D eigenvalue weighted by atomic mass is 9.85. The van der Waals surface area contributed by atoms with Gasteiger partial charge in [-0.3, -0.25) is 0 Å². The molecule has 0 aromatic heterocycles. The van der Waals surface area contributed by atoms with Crippen LogP contribution in [-0.2, 0) is 20.9 Å². The molecule has 4 nitrogen and oxygen atoms in total. The van der Waals surface area contributed by atoms with Gasteiger partial charge in [-0.25, -0.2) is 4.79 Å². The summed E-state index contributed by atoms with van der Waals surface area (Å²) in [6.45, 7) is 10.7. The number of benzene rings is 1. The number of allylic oxidation sites excluding steroid dienone is 6. The number of fused-ring (bicyclic) bond motifs is 1. The Morgan fingerprint density at radius 3 is 2.66 bits per heavy atom. The lowest BCUT2D eigenvalue weighted by Gasteiger charge is -2.33. The molecule has 1 aromatic rings. The largest absolute Gasteiger partial charge is 0.496 e. The number of carbonyl (C=O) groups excluding carboxylic acids is 1. The van der Waals surface area contributed by atoms with Crippen LogP contribution in [0.4, 0.5) is 5.69 Å². The third kappa shape index (κ3) is 5.07. The minimum Gasteiger partial charge on any atom is -0.496 e. The second-order valence-electron chi connectivity index (χ2n) is 8.79. The monoisotopic (exact) mass is 433 g/mol. The van der Waals surface area contributed by atoms with Crippen LogP contribution in [0, 0.1) is 0 Å². The zero-order valence-corrected chi connectivity index (χ0v) is 20.2. The Balaban J connectivity index is 2.09. The molecule has 1 aliphatic carbocycles. The van der Waals surface area contributed by atoms with Gasteiger partial charge in [-0.05, 0) is 70.2 Å². The van der Waals surface area contributed by atoms with Crippen molar-refractivity contribution >= 4 is 22.8 Å². The topological polar surface area (TPSA) is 47.6 Å². The number of methoxy groups -OCH3 is 1. The summed E-state index contributed by atoms with van der Waals surface area (Å²) in [6.07, 6.45) is 14.9. The lowest BCUT2D eigenvalue weighted by Crippen LogP contribution is -2.32. The van der Waals surface area contributed by atoms with E-state index in [0.717, 1.165) is 53.0 Å². The summed E-state index contributed by atoms with van der Waals surface area (Å²) in [6, 6.07) is 4.21. The smallest absolute Gasteiger partial charge is 0.338 e. The molecule has 1 heterocycles. The first kappa shape index (κ1) is 23.6. The number of hydrogen-bond acceptors (Lipinski definition) is 4. The zero-order valence-electron chi connectivity index (χ0n) is 20.2. The van der Waals surface area contributed by atoms with Crippen LogP contribution < -0.4 is 5.32 Å². The molecule has 0 radical (unpaired) electrons. The van der Waals surface area contributed by atoms with Gasteiger partial charge in [0.15, 0.2) is 0 Å². The van der Waals surface area contributed by atoms with Crippen molar-refractivity contribution < 1.29 is 14.3 Å². The van der Waals surface area contributed by atoms with E-state index in [1.165, 1.54) is 5.57 Å². The Bertz CT molecular complexity index is 1040. The van der Waals surface area contributed by atoms with Crippen molar-refractivity contribution in [2.75, 3.05) is 12.4 Å². The highest BCUT2D eigenvalue weighted by Gasteiger charge is 2.27. The number of rotatable bonds is 7. The average Bonchev–Trinajstić information content (AvgIpc) is 2.77. The van der Waals surface area contributed by atoms with Crippen molar-refractivity contribution in [3.05, 3.63) is 76.6 Å². The van der Waals surface area contributed by atoms with E-state index in [2.05, 4.69) is 63.4 Å². The summed E-state index contributed by atoms with van der Waals surface area (Å²) in [5.41, 5.74) is 6.80. The summed E-state index contributed by atoms with van der Waals surface area (Å²) in [7, 11) is 1.69. The van der Waals surface area contributed by atoms with Crippen molar-refractivity contribution in [1.29, 1.82) is 0 Å². The minimum absolute atomic E-state index is 0.145. The molecule has 32 heavy (non-hydrogen) atoms. The first-order valence-electron chi connectivity index (χ1n) is 11.4. The molecule has 0 amide bonds. The standard InChI is InChI=1S/C28H35NO3/c1-7-12-25(31-6)21(8-2)22-15-16-24-26(19(3)17-28(4,5)29-24)23(22)18-32-27(30)20-13-10-9-11-14-20/h8,10,12-17,29H,7,9,11,18H2,1-6H3/b21-8-,25-12+. The predicted molar refractivity (Wildman–Crippen MR) is 133 cm³/mol. The van der Waals surface area contributed by atoms with Crippen LogP contribution >= 0.6 is 0 Å². The Kier molecular flexibility index (Phi) is 7.44. The maximum atomic E-state index is 12.7. The van der Waals surface area contributed by atoms with Crippen LogP contribution in [0.25, 0.3) is 11.1 Å². The van der Waals surface area contributed by atoms with Crippen LogP contribution in [0.15, 0.2) is 59.9 Å². The number of hydrogen-bond donors (Lipinski definition) is 1. The Hall–Kier alpha value is -3.01. The van der Waals surface area contributed by atoms with Gasteiger partial charge < -0.3 is 14.8 Å². The van der Waals surface area contributed by atoms with Crippen molar-refractivity contribution in [1.82, 2.24) is 0 Å². The summed E-state index contributed by atoms with van der Waals surface area (Å²) < 4.78 is 11.6. The van der Waals surface area contributed by atoms with E-state index in [4.69, 9.17) is 9.47 Å². The van der Waals surface area contributed by atoms with Crippen LogP contribution in [-0.4, -0.2) is 18.6 Å². The molecule has 0 saturated heterocycles. The molecule has 3 rings (SSSR count). The van der Waals surface area contributed by atoms with Gasteiger partial charge >= 0.3 is 5.97 Å². The molecule has 170 valence electrons. The van der Waals surface area contributed by atoms with Gasteiger partial charge in [-0.2, -0.15) is 0 Å². The molecule has 0 saturated carbocycles. The van der Waals surface area contributed by atoms with Gasteiger partial charge in [-0.15, -0.1) is 0 Å². The van der Waals surface area contributed by atoms with Gasteiger partial charge in [0.25, 0.3) is 0 Å². The number of anilines is 1. The van der Waals surface area contributed by atoms with E-state index < -0.39 is 0 Å². The van der Waals surface area contributed by atoms with E-state index in [9.17, 15) is 4.79 Å². The van der Waals surface area contributed by atoms with E-state index in [-0.39, 0.29) is 18.1 Å². The molecule has 4 heteroatoms. The molecule has 1 aromatic carbocycles. The molecule has 0 fully saturated rings. The average molecular weight is 434 g/mol. The Morgan fingerprint density at radius 2 is 2.03 bits per heavy atom. The van der Waals surface area contributed by atoms with Gasteiger partial charge in [0.05, 0.1) is 18.2 Å². The molecule has 1 aliphatic heterocycles. The predicted octanol–water partition coefficient (Wildman–Crippen LogP) is 6.96. The summed E-state index contributed by atoms with van der Waals surface area (Å²) >= 11 is 0. The fourth-order valence-electron chi connectivity index (χ4n) is 4.51. The molecule has 0 atom stereocenters. The highest BCUT2D eigenvalue weighted by molar-refractivity contribution is 5.92. The highest BCUT2D eigenvalue weighted by atomic mass is 16.5. The molecule has 2 aliphatic rings. The third-order valence-electron chi connectivity index (χ3n) is 5.77. The maximum absolute atomic E-state index is 12.7. The second kappa shape index (κ2) is 10.1.